The van der Waals surface area contributed by atoms with Crippen LogP contribution in [0, 0.1) is 0 Å². The molecule has 1 N–H and O–H groups in total. The standard InChI is InChI=1S/C18H16F3N3O3S/c1-12-11-15(13-7-3-2-4-8-13)24(22-12)17(25)23-28(26,27)16-10-6-5-9-14(16)18(19,20)21/h2-10,15H,11H2,1H3,(H,23,25). The van der Waals surface area contributed by atoms with Crippen LogP contribution in [0.3, 0.4) is 0 Å². The van der Waals surface area contributed by atoms with Crippen LogP contribution in [0.4, 0.5) is 18.0 Å². The molecule has 1 unspecified atom stereocenters. The number of sulfonamides is 1. The monoisotopic (exact) mass is 411 g/mol. The summed E-state index contributed by atoms with van der Waals surface area (Å²) in [6, 6.07) is 10.8. The van der Waals surface area contributed by atoms with E-state index in [1.807, 2.05) is 0 Å². The smallest absolute Gasteiger partial charge is 0.245 e. The van der Waals surface area contributed by atoms with Crippen molar-refractivity contribution in [3.8, 4) is 0 Å². The van der Waals surface area contributed by atoms with Crippen LogP contribution in [0.5, 0.6) is 0 Å². The minimum absolute atomic E-state index is 0.386. The summed E-state index contributed by atoms with van der Waals surface area (Å²) in [6.07, 6.45) is -4.50. The lowest BCUT2D eigenvalue weighted by atomic mass is 10.0. The van der Waals surface area contributed by atoms with Crippen LogP contribution < -0.4 is 4.72 Å². The SMILES string of the molecule is CC1=NN(C(=O)NS(=O)(=O)c2ccccc2C(F)(F)F)C(c2ccccc2)C1. The quantitative estimate of drug-likeness (QED) is 0.831. The fourth-order valence-corrected chi connectivity index (χ4v) is 4.10. The van der Waals surface area contributed by atoms with E-state index in [1.54, 1.807) is 42.0 Å². The summed E-state index contributed by atoms with van der Waals surface area (Å²) in [4.78, 5) is 11.6. The summed E-state index contributed by atoms with van der Waals surface area (Å²) in [7, 11) is -4.76. The highest BCUT2D eigenvalue weighted by molar-refractivity contribution is 7.90. The van der Waals surface area contributed by atoms with Crippen LogP contribution in [-0.2, 0) is 16.2 Å². The Morgan fingerprint density at radius 1 is 1.11 bits per heavy atom. The number of benzene rings is 2. The molecule has 10 heteroatoms. The van der Waals surface area contributed by atoms with Crippen molar-refractivity contribution in [2.24, 2.45) is 5.10 Å². The van der Waals surface area contributed by atoms with Crippen LogP contribution >= 0.6 is 0 Å². The lowest BCUT2D eigenvalue weighted by Gasteiger charge is -2.22. The Morgan fingerprint density at radius 3 is 2.36 bits per heavy atom. The van der Waals surface area contributed by atoms with Gasteiger partial charge in [-0.05, 0) is 24.6 Å². The van der Waals surface area contributed by atoms with Gasteiger partial charge in [0.1, 0.15) is 0 Å². The van der Waals surface area contributed by atoms with Crippen molar-refractivity contribution in [3.63, 3.8) is 0 Å². The van der Waals surface area contributed by atoms with Crippen molar-refractivity contribution in [3.05, 3.63) is 65.7 Å². The van der Waals surface area contributed by atoms with E-state index < -0.39 is 38.7 Å². The Morgan fingerprint density at radius 2 is 1.71 bits per heavy atom. The molecular weight excluding hydrogens is 395 g/mol. The normalized spacial score (nSPS) is 17.4. The number of halogens is 3. The third-order valence-corrected chi connectivity index (χ3v) is 5.54. The third-order valence-electron chi connectivity index (χ3n) is 4.16. The summed E-state index contributed by atoms with van der Waals surface area (Å²) >= 11 is 0. The van der Waals surface area contributed by atoms with Gasteiger partial charge in [0.25, 0.3) is 10.0 Å². The highest BCUT2D eigenvalue weighted by Gasteiger charge is 2.39. The predicted molar refractivity (Wildman–Crippen MR) is 95.9 cm³/mol. The van der Waals surface area contributed by atoms with E-state index in [0.717, 1.165) is 28.8 Å². The van der Waals surface area contributed by atoms with Crippen LogP contribution in [0.1, 0.15) is 30.5 Å². The molecule has 6 nitrogen and oxygen atoms in total. The Labute approximate surface area is 159 Å². The second-order valence-corrected chi connectivity index (χ2v) is 7.87. The fraction of sp³-hybridized carbons (Fsp3) is 0.222. The van der Waals surface area contributed by atoms with E-state index in [-0.39, 0.29) is 0 Å². The number of amides is 2. The van der Waals surface area contributed by atoms with Gasteiger partial charge in [0, 0.05) is 12.1 Å². The van der Waals surface area contributed by atoms with Crippen LogP contribution in [0.15, 0.2) is 64.6 Å². The molecule has 2 amide bonds. The minimum Gasteiger partial charge on any atom is -0.245 e. The molecule has 28 heavy (non-hydrogen) atoms. The molecule has 1 atom stereocenters. The number of hydrogen-bond donors (Lipinski definition) is 1. The molecule has 148 valence electrons. The van der Waals surface area contributed by atoms with Crippen molar-refractivity contribution in [1.29, 1.82) is 0 Å². The zero-order valence-corrected chi connectivity index (χ0v) is 15.5. The van der Waals surface area contributed by atoms with Gasteiger partial charge in [-0.3, -0.25) is 0 Å². The molecule has 1 heterocycles. The summed E-state index contributed by atoms with van der Waals surface area (Å²) in [6.45, 7) is 1.68. The Hall–Kier alpha value is -2.88. The van der Waals surface area contributed by atoms with Crippen LogP contribution in [-0.4, -0.2) is 25.2 Å². The van der Waals surface area contributed by atoms with E-state index >= 15 is 0 Å². The van der Waals surface area contributed by atoms with Gasteiger partial charge in [0.2, 0.25) is 0 Å². The highest BCUT2D eigenvalue weighted by Crippen LogP contribution is 2.34. The molecule has 0 aliphatic carbocycles. The summed E-state index contributed by atoms with van der Waals surface area (Å²) in [5, 5.41) is 4.99. The largest absolute Gasteiger partial charge is 0.417 e. The van der Waals surface area contributed by atoms with Crippen LogP contribution in [0.25, 0.3) is 0 Å². The highest BCUT2D eigenvalue weighted by atomic mass is 32.2. The molecule has 0 fully saturated rings. The molecule has 1 aliphatic heterocycles. The maximum Gasteiger partial charge on any atom is 0.417 e. The van der Waals surface area contributed by atoms with Gasteiger partial charge in [-0.2, -0.15) is 18.3 Å². The van der Waals surface area contributed by atoms with Crippen molar-refractivity contribution < 1.29 is 26.4 Å². The number of carbonyl (C=O) groups excluding carboxylic acids is 1. The van der Waals surface area contributed by atoms with Crippen molar-refractivity contribution in [2.75, 3.05) is 0 Å². The first-order valence-corrected chi connectivity index (χ1v) is 9.69. The second kappa shape index (κ2) is 7.27. The lowest BCUT2D eigenvalue weighted by Crippen LogP contribution is -2.41. The van der Waals surface area contributed by atoms with Crippen LogP contribution in [0.2, 0.25) is 0 Å². The van der Waals surface area contributed by atoms with E-state index in [2.05, 4.69) is 5.10 Å². The molecule has 3 rings (SSSR count). The zero-order valence-electron chi connectivity index (χ0n) is 14.6. The van der Waals surface area contributed by atoms with Crippen molar-refractivity contribution >= 4 is 21.8 Å². The summed E-state index contributed by atoms with van der Waals surface area (Å²) in [5.41, 5.74) is -0.0283. The average molecular weight is 411 g/mol. The van der Waals surface area contributed by atoms with Gasteiger partial charge in [0.05, 0.1) is 16.5 Å². The molecule has 0 spiro atoms. The minimum atomic E-state index is -4.89. The number of nitrogens with one attached hydrogen (secondary N) is 1. The summed E-state index contributed by atoms with van der Waals surface area (Å²) in [5.74, 6) is 0. The first-order chi connectivity index (χ1) is 13.1. The molecule has 0 saturated heterocycles. The van der Waals surface area contributed by atoms with Gasteiger partial charge < -0.3 is 0 Å². The molecule has 0 saturated carbocycles. The Kier molecular flexibility index (Phi) is 5.16. The van der Waals surface area contributed by atoms with Gasteiger partial charge in [-0.1, -0.05) is 42.5 Å². The molecule has 1 aliphatic rings. The van der Waals surface area contributed by atoms with E-state index in [4.69, 9.17) is 0 Å². The molecule has 0 aromatic heterocycles. The number of urea groups is 1. The number of hydrazone groups is 1. The fourth-order valence-electron chi connectivity index (χ4n) is 2.93. The van der Waals surface area contributed by atoms with Gasteiger partial charge in [-0.25, -0.2) is 22.9 Å². The van der Waals surface area contributed by atoms with Crippen molar-refractivity contribution in [1.82, 2.24) is 9.73 Å². The average Bonchev–Trinajstić information content (AvgIpc) is 3.03. The lowest BCUT2D eigenvalue weighted by molar-refractivity contribution is -0.139. The predicted octanol–water partition coefficient (Wildman–Crippen LogP) is 3.93. The molecule has 0 radical (unpaired) electrons. The molecule has 0 bridgehead atoms. The van der Waals surface area contributed by atoms with Gasteiger partial charge in [-0.15, -0.1) is 0 Å². The Bertz CT molecular complexity index is 1020. The number of carbonyl (C=O) groups is 1. The topological polar surface area (TPSA) is 78.8 Å². The number of rotatable bonds is 3. The van der Waals surface area contributed by atoms with E-state index in [1.165, 1.54) is 0 Å². The van der Waals surface area contributed by atoms with Gasteiger partial charge in [0.15, 0.2) is 0 Å². The van der Waals surface area contributed by atoms with Gasteiger partial charge >= 0.3 is 12.2 Å². The number of hydrogen-bond acceptors (Lipinski definition) is 4. The van der Waals surface area contributed by atoms with E-state index in [9.17, 15) is 26.4 Å². The first kappa shape index (κ1) is 19.9. The van der Waals surface area contributed by atoms with E-state index in [0.29, 0.717) is 18.2 Å². The molecular formula is C18H16F3N3O3S. The second-order valence-electron chi connectivity index (χ2n) is 6.22. The Balaban J connectivity index is 1.90. The number of nitrogens with zero attached hydrogens (tertiary/aromatic N) is 2. The zero-order chi connectivity index (χ0) is 20.5. The van der Waals surface area contributed by atoms with Crippen molar-refractivity contribution in [2.45, 2.75) is 30.5 Å². The third kappa shape index (κ3) is 4.01. The molecule has 2 aromatic rings. The maximum atomic E-state index is 13.1. The number of alkyl halides is 3. The maximum absolute atomic E-state index is 13.1. The molecule has 2 aromatic carbocycles. The first-order valence-electron chi connectivity index (χ1n) is 8.21. The summed E-state index contributed by atoms with van der Waals surface area (Å²) < 4.78 is 66.1.